The molecule has 0 bridgehead atoms. The Bertz CT molecular complexity index is 1150. The number of hydrogen-bond acceptors (Lipinski definition) is 5. The molecule has 0 amide bonds. The summed E-state index contributed by atoms with van der Waals surface area (Å²) in [4.78, 5) is 15.8. The number of hydrogen-bond donors (Lipinski definition) is 1. The second-order valence-corrected chi connectivity index (χ2v) is 8.56. The first-order valence-corrected chi connectivity index (χ1v) is 12.0. The van der Waals surface area contributed by atoms with E-state index < -0.39 is 6.04 Å². The summed E-state index contributed by atoms with van der Waals surface area (Å²) in [5, 5.41) is 8.90. The SMILES string of the molecule is O=C(OCc1ccccc1)[C@H](Cc1ccc(O[B]O)cc1)N(Cc1ccccc1)Cc1ccccc1. The highest BCUT2D eigenvalue weighted by Crippen LogP contribution is 2.20. The number of carbonyl (C=O) groups excluding carboxylic acids is 1. The van der Waals surface area contributed by atoms with Crippen LogP contribution in [0.1, 0.15) is 22.3 Å². The minimum atomic E-state index is -0.509. The van der Waals surface area contributed by atoms with Crippen molar-refractivity contribution in [1.82, 2.24) is 4.90 Å². The molecule has 181 valence electrons. The van der Waals surface area contributed by atoms with Gasteiger partial charge < -0.3 is 14.4 Å². The van der Waals surface area contributed by atoms with Gasteiger partial charge in [0.25, 0.3) is 0 Å². The molecule has 6 heteroatoms. The Balaban J connectivity index is 1.61. The highest BCUT2D eigenvalue weighted by molar-refractivity contribution is 6.17. The maximum absolute atomic E-state index is 13.6. The molecule has 0 aliphatic rings. The first-order chi connectivity index (χ1) is 17.7. The molecule has 0 saturated heterocycles. The largest absolute Gasteiger partial charge is 0.569 e. The van der Waals surface area contributed by atoms with Gasteiger partial charge in [0.2, 0.25) is 0 Å². The zero-order chi connectivity index (χ0) is 25.0. The third-order valence-corrected chi connectivity index (χ3v) is 5.93. The Kier molecular flexibility index (Phi) is 9.31. The van der Waals surface area contributed by atoms with Gasteiger partial charge in [-0.2, -0.15) is 0 Å². The molecular weight excluding hydrogens is 449 g/mol. The lowest BCUT2D eigenvalue weighted by Crippen LogP contribution is -2.43. The van der Waals surface area contributed by atoms with Crippen LogP contribution in [0.5, 0.6) is 5.75 Å². The molecule has 1 radical (unpaired) electrons. The second kappa shape index (κ2) is 13.3. The number of ether oxygens (including phenoxy) is 1. The Morgan fingerprint density at radius 1 is 0.694 bits per heavy atom. The molecule has 0 spiro atoms. The van der Waals surface area contributed by atoms with Crippen LogP contribution in [0.4, 0.5) is 0 Å². The number of benzene rings is 4. The van der Waals surface area contributed by atoms with Gasteiger partial charge in [-0.1, -0.05) is 103 Å². The smallest absolute Gasteiger partial charge is 0.537 e. The molecule has 0 aliphatic carbocycles. The van der Waals surface area contributed by atoms with Gasteiger partial charge in [0.1, 0.15) is 12.6 Å². The molecule has 0 saturated carbocycles. The van der Waals surface area contributed by atoms with Crippen molar-refractivity contribution in [3.8, 4) is 5.75 Å². The lowest BCUT2D eigenvalue weighted by molar-refractivity contribution is -0.152. The first kappa shape index (κ1) is 25.2. The van der Waals surface area contributed by atoms with E-state index in [1.165, 1.54) is 0 Å². The predicted molar refractivity (Wildman–Crippen MR) is 141 cm³/mol. The van der Waals surface area contributed by atoms with Gasteiger partial charge in [-0.05, 0) is 40.8 Å². The highest BCUT2D eigenvalue weighted by atomic mass is 16.5. The number of esters is 1. The molecule has 1 N–H and O–H groups in total. The Morgan fingerprint density at radius 3 is 1.69 bits per heavy atom. The van der Waals surface area contributed by atoms with Gasteiger partial charge >= 0.3 is 13.7 Å². The number of rotatable bonds is 12. The summed E-state index contributed by atoms with van der Waals surface area (Å²) in [6.07, 6.45) is 0.469. The fourth-order valence-electron chi connectivity index (χ4n) is 4.09. The minimum absolute atomic E-state index is 0.222. The van der Waals surface area contributed by atoms with E-state index in [4.69, 9.17) is 14.4 Å². The summed E-state index contributed by atoms with van der Waals surface area (Å²) in [6, 6.07) is 36.9. The lowest BCUT2D eigenvalue weighted by atomic mass is 10.0. The minimum Gasteiger partial charge on any atom is -0.537 e. The van der Waals surface area contributed by atoms with Crippen molar-refractivity contribution < 1.29 is 19.2 Å². The molecule has 4 aromatic carbocycles. The molecule has 4 rings (SSSR count). The third-order valence-electron chi connectivity index (χ3n) is 5.93. The molecule has 0 unspecified atom stereocenters. The summed E-state index contributed by atoms with van der Waals surface area (Å²) >= 11 is 0. The number of carbonyl (C=O) groups is 1. The fourth-order valence-corrected chi connectivity index (χ4v) is 4.09. The Hall–Kier alpha value is -3.87. The molecule has 0 aliphatic heterocycles. The molecule has 1 atom stereocenters. The van der Waals surface area contributed by atoms with Crippen molar-refractivity contribution in [2.24, 2.45) is 0 Å². The van der Waals surface area contributed by atoms with Crippen LogP contribution in [-0.2, 0) is 35.6 Å². The molecule has 36 heavy (non-hydrogen) atoms. The third kappa shape index (κ3) is 7.57. The van der Waals surface area contributed by atoms with Gasteiger partial charge in [-0.25, -0.2) is 0 Å². The molecule has 5 nitrogen and oxygen atoms in total. The Labute approximate surface area is 213 Å². The standard InChI is InChI=1S/C30H29BNO4/c33-30(35-23-27-14-8-3-9-15-27)29(20-24-16-18-28(19-17-24)36-31-34)32(21-25-10-4-1-5-11-25)22-26-12-6-2-7-13-26/h1-19,29,34H,20-23H2/t29-/m0/s1. The van der Waals surface area contributed by atoms with Crippen LogP contribution in [0.2, 0.25) is 0 Å². The van der Waals surface area contributed by atoms with Gasteiger partial charge in [-0.3, -0.25) is 9.69 Å². The normalized spacial score (nSPS) is 11.6. The molecule has 4 aromatic rings. The zero-order valence-corrected chi connectivity index (χ0v) is 20.1. The average Bonchev–Trinajstić information content (AvgIpc) is 2.93. The summed E-state index contributed by atoms with van der Waals surface area (Å²) in [7, 11) is 0.653. The average molecular weight is 478 g/mol. The molecule has 0 heterocycles. The van der Waals surface area contributed by atoms with Gasteiger partial charge in [0, 0.05) is 13.1 Å². The van der Waals surface area contributed by atoms with E-state index in [0.29, 0.717) is 32.9 Å². The van der Waals surface area contributed by atoms with E-state index in [0.717, 1.165) is 22.3 Å². The molecular formula is C30H29BNO4. The van der Waals surface area contributed by atoms with Crippen LogP contribution in [-0.4, -0.2) is 29.6 Å². The molecule has 0 aromatic heterocycles. The first-order valence-electron chi connectivity index (χ1n) is 12.0. The summed E-state index contributed by atoms with van der Waals surface area (Å²) in [5.41, 5.74) is 4.16. The van der Waals surface area contributed by atoms with Crippen molar-refractivity contribution in [1.29, 1.82) is 0 Å². The van der Waals surface area contributed by atoms with Crippen LogP contribution >= 0.6 is 0 Å². The monoisotopic (exact) mass is 478 g/mol. The molecule has 0 fully saturated rings. The van der Waals surface area contributed by atoms with Crippen molar-refractivity contribution >= 4 is 13.7 Å². The summed E-state index contributed by atoms with van der Waals surface area (Å²) in [6.45, 7) is 1.42. The van der Waals surface area contributed by atoms with Crippen LogP contribution in [0.3, 0.4) is 0 Å². The summed E-state index contributed by atoms with van der Waals surface area (Å²) in [5.74, 6) is 0.254. The predicted octanol–water partition coefficient (Wildman–Crippen LogP) is 4.95. The van der Waals surface area contributed by atoms with Crippen molar-refractivity contribution in [2.45, 2.75) is 32.2 Å². The van der Waals surface area contributed by atoms with E-state index in [1.807, 2.05) is 78.9 Å². The van der Waals surface area contributed by atoms with E-state index in [2.05, 4.69) is 29.2 Å². The second-order valence-electron chi connectivity index (χ2n) is 8.56. The van der Waals surface area contributed by atoms with Gasteiger partial charge in [0.05, 0.1) is 5.75 Å². The van der Waals surface area contributed by atoms with Crippen molar-refractivity contribution in [3.05, 3.63) is 138 Å². The lowest BCUT2D eigenvalue weighted by Gasteiger charge is -2.31. The van der Waals surface area contributed by atoms with Crippen LogP contribution < -0.4 is 4.65 Å². The quantitative estimate of drug-likeness (QED) is 0.231. The van der Waals surface area contributed by atoms with E-state index in [9.17, 15) is 4.79 Å². The topological polar surface area (TPSA) is 59.0 Å². The zero-order valence-electron chi connectivity index (χ0n) is 20.1. The van der Waals surface area contributed by atoms with Crippen LogP contribution in [0.25, 0.3) is 0 Å². The highest BCUT2D eigenvalue weighted by Gasteiger charge is 2.28. The van der Waals surface area contributed by atoms with Crippen LogP contribution in [0, 0.1) is 0 Å². The maximum Gasteiger partial charge on any atom is 0.569 e. The maximum atomic E-state index is 13.6. The Morgan fingerprint density at radius 2 is 1.19 bits per heavy atom. The van der Waals surface area contributed by atoms with E-state index in [-0.39, 0.29) is 12.6 Å². The van der Waals surface area contributed by atoms with E-state index >= 15 is 0 Å². The summed E-state index contributed by atoms with van der Waals surface area (Å²) < 4.78 is 10.9. The fraction of sp³-hybridized carbons (Fsp3) is 0.167. The van der Waals surface area contributed by atoms with E-state index in [1.54, 1.807) is 12.1 Å². The van der Waals surface area contributed by atoms with Crippen molar-refractivity contribution in [2.75, 3.05) is 0 Å². The van der Waals surface area contributed by atoms with Crippen LogP contribution in [0.15, 0.2) is 115 Å². The number of nitrogens with zero attached hydrogens (tertiary/aromatic N) is 1. The van der Waals surface area contributed by atoms with Crippen molar-refractivity contribution in [3.63, 3.8) is 0 Å². The van der Waals surface area contributed by atoms with Gasteiger partial charge in [0.15, 0.2) is 0 Å². The van der Waals surface area contributed by atoms with Gasteiger partial charge in [-0.15, -0.1) is 0 Å².